The fraction of sp³-hybridized carbons (Fsp3) is 0.379. The van der Waals surface area contributed by atoms with Gasteiger partial charge < -0.3 is 23.6 Å². The minimum absolute atomic E-state index is 0.0534. The summed E-state index contributed by atoms with van der Waals surface area (Å²) < 4.78 is 19.8. The molecule has 7 nitrogen and oxygen atoms in total. The largest absolute Gasteiger partial charge is 0.493 e. The number of carbonyl (C=O) groups is 1. The van der Waals surface area contributed by atoms with E-state index in [-0.39, 0.29) is 6.54 Å². The Balaban J connectivity index is 1.16. The number of rotatable bonds is 11. The molecule has 2 aromatic heterocycles. The molecule has 0 atom stereocenters. The van der Waals surface area contributed by atoms with E-state index in [0.717, 1.165) is 77.4 Å². The maximum atomic E-state index is 11.0. The van der Waals surface area contributed by atoms with Crippen LogP contribution in [0.15, 0.2) is 53.1 Å². The van der Waals surface area contributed by atoms with Gasteiger partial charge in [0, 0.05) is 35.5 Å². The van der Waals surface area contributed by atoms with Crippen molar-refractivity contribution in [3.63, 3.8) is 0 Å². The summed E-state index contributed by atoms with van der Waals surface area (Å²) in [5.74, 6) is 2.57. The van der Waals surface area contributed by atoms with Crippen LogP contribution in [0.4, 0.5) is 0 Å². The fourth-order valence-corrected chi connectivity index (χ4v) is 4.78. The van der Waals surface area contributed by atoms with Gasteiger partial charge >= 0.3 is 5.97 Å². The summed E-state index contributed by atoms with van der Waals surface area (Å²) in [6.45, 7) is 3.20. The van der Waals surface area contributed by atoms with Crippen LogP contribution in [-0.4, -0.2) is 33.8 Å². The maximum absolute atomic E-state index is 11.0. The van der Waals surface area contributed by atoms with Gasteiger partial charge in [-0.15, -0.1) is 0 Å². The molecular weight excluding hydrogens is 456 g/mol. The molecule has 4 aromatic rings. The lowest BCUT2D eigenvalue weighted by Crippen LogP contribution is -2.07. The first-order chi connectivity index (χ1) is 17.6. The number of carboxylic acids is 1. The predicted octanol–water partition coefficient (Wildman–Crippen LogP) is 6.06. The zero-order valence-corrected chi connectivity index (χ0v) is 20.7. The summed E-state index contributed by atoms with van der Waals surface area (Å²) in [7, 11) is 0. The molecule has 0 saturated heterocycles. The molecule has 0 fully saturated rings. The highest BCUT2D eigenvalue weighted by molar-refractivity contribution is 5.83. The highest BCUT2D eigenvalue weighted by atomic mass is 16.5. The van der Waals surface area contributed by atoms with Gasteiger partial charge in [-0.2, -0.15) is 0 Å². The lowest BCUT2D eigenvalue weighted by molar-refractivity contribution is -0.137. The van der Waals surface area contributed by atoms with E-state index in [9.17, 15) is 4.79 Å². The molecule has 0 amide bonds. The number of aryl methyl sites for hydroxylation is 3. The van der Waals surface area contributed by atoms with Crippen molar-refractivity contribution in [3.05, 3.63) is 65.7 Å². The molecule has 188 valence electrons. The van der Waals surface area contributed by atoms with E-state index in [1.165, 1.54) is 18.4 Å². The van der Waals surface area contributed by atoms with E-state index in [1.54, 1.807) is 10.8 Å². The number of ether oxygens (including phenoxy) is 2. The lowest BCUT2D eigenvalue weighted by Gasteiger charge is -2.13. The van der Waals surface area contributed by atoms with Gasteiger partial charge in [0.2, 0.25) is 5.89 Å². The first-order valence-electron chi connectivity index (χ1n) is 12.8. The van der Waals surface area contributed by atoms with E-state index in [1.807, 2.05) is 36.4 Å². The fourth-order valence-electron chi connectivity index (χ4n) is 4.78. The summed E-state index contributed by atoms with van der Waals surface area (Å²) >= 11 is 0. The normalized spacial score (nSPS) is 13.0. The Morgan fingerprint density at radius 2 is 1.94 bits per heavy atom. The molecule has 0 radical (unpaired) electrons. The molecular formula is C29H32N2O5. The number of hydrogen-bond acceptors (Lipinski definition) is 5. The number of aromatic nitrogens is 2. The van der Waals surface area contributed by atoms with Crippen molar-refractivity contribution in [2.45, 2.75) is 58.4 Å². The predicted molar refractivity (Wildman–Crippen MR) is 138 cm³/mol. The highest BCUT2D eigenvalue weighted by Gasteiger charge is 2.18. The highest BCUT2D eigenvalue weighted by Crippen LogP contribution is 2.31. The minimum Gasteiger partial charge on any atom is -0.493 e. The number of hydrogen-bond donors (Lipinski definition) is 1. The van der Waals surface area contributed by atoms with Crippen molar-refractivity contribution in [2.24, 2.45) is 0 Å². The molecule has 0 unspecified atom stereocenters. The van der Waals surface area contributed by atoms with Crippen molar-refractivity contribution in [1.82, 2.24) is 9.55 Å². The Morgan fingerprint density at radius 1 is 1.08 bits per heavy atom. The quantitative estimate of drug-likeness (QED) is 0.258. The summed E-state index contributed by atoms with van der Waals surface area (Å²) in [6, 6.07) is 13.8. The third kappa shape index (κ3) is 5.40. The summed E-state index contributed by atoms with van der Waals surface area (Å²) in [5, 5.41) is 9.99. The van der Waals surface area contributed by atoms with Crippen LogP contribution in [0, 0.1) is 0 Å². The Kier molecular flexibility index (Phi) is 7.26. The number of nitrogens with zero attached hydrogens (tertiary/aromatic N) is 2. The first-order valence-corrected chi connectivity index (χ1v) is 12.8. The third-order valence-electron chi connectivity index (χ3n) is 6.54. The van der Waals surface area contributed by atoms with Gasteiger partial charge in [-0.3, -0.25) is 4.79 Å². The second kappa shape index (κ2) is 10.9. The molecule has 2 heterocycles. The zero-order valence-electron chi connectivity index (χ0n) is 20.7. The second-order valence-electron chi connectivity index (χ2n) is 9.28. The molecule has 0 saturated carbocycles. The Bertz CT molecular complexity index is 1330. The molecule has 5 rings (SSSR count). The molecule has 0 aliphatic heterocycles. The smallest absolute Gasteiger partial charge is 0.323 e. The van der Waals surface area contributed by atoms with Crippen molar-refractivity contribution >= 4 is 16.9 Å². The van der Waals surface area contributed by atoms with E-state index >= 15 is 0 Å². The standard InChI is InChI=1S/C29H32N2O5/c1-2-6-21-17-22(29-30-24-7-3-4-8-27(24)36-29)9-12-26(21)35-16-5-15-34-23-10-11-25-20(18-23)13-14-31(25)19-28(32)33/h9-14,17-18H,2-8,15-16,19H2,1H3,(H,32,33). The van der Waals surface area contributed by atoms with Crippen LogP contribution in [0.5, 0.6) is 11.5 Å². The summed E-state index contributed by atoms with van der Waals surface area (Å²) in [4.78, 5) is 15.7. The molecule has 7 heteroatoms. The molecule has 0 bridgehead atoms. The van der Waals surface area contributed by atoms with Crippen LogP contribution in [-0.2, 0) is 30.6 Å². The third-order valence-corrected chi connectivity index (χ3v) is 6.54. The molecule has 2 aromatic carbocycles. The molecule has 1 aliphatic carbocycles. The topological polar surface area (TPSA) is 86.7 Å². The van der Waals surface area contributed by atoms with Gasteiger partial charge in [0.05, 0.1) is 18.9 Å². The number of benzene rings is 2. The van der Waals surface area contributed by atoms with Gasteiger partial charge in [0.25, 0.3) is 0 Å². The average Bonchev–Trinajstić information content (AvgIpc) is 3.48. The van der Waals surface area contributed by atoms with Crippen LogP contribution >= 0.6 is 0 Å². The van der Waals surface area contributed by atoms with Crippen LogP contribution < -0.4 is 9.47 Å². The number of oxazole rings is 1. The van der Waals surface area contributed by atoms with Crippen molar-refractivity contribution in [2.75, 3.05) is 13.2 Å². The Morgan fingerprint density at radius 3 is 2.78 bits per heavy atom. The monoisotopic (exact) mass is 488 g/mol. The van der Waals surface area contributed by atoms with E-state index < -0.39 is 5.97 Å². The van der Waals surface area contributed by atoms with Crippen molar-refractivity contribution < 1.29 is 23.8 Å². The van der Waals surface area contributed by atoms with E-state index in [4.69, 9.17) is 24.0 Å². The minimum atomic E-state index is -0.860. The Labute approximate surface area is 210 Å². The van der Waals surface area contributed by atoms with Crippen LogP contribution in [0.3, 0.4) is 0 Å². The van der Waals surface area contributed by atoms with Gasteiger partial charge in [0.1, 0.15) is 23.8 Å². The zero-order chi connectivity index (χ0) is 24.9. The molecule has 1 N–H and O–H groups in total. The average molecular weight is 489 g/mol. The van der Waals surface area contributed by atoms with Crippen LogP contribution in [0.2, 0.25) is 0 Å². The lowest BCUT2D eigenvalue weighted by atomic mass is 10.0. The van der Waals surface area contributed by atoms with Gasteiger partial charge in [-0.25, -0.2) is 4.98 Å². The van der Waals surface area contributed by atoms with Crippen LogP contribution in [0.25, 0.3) is 22.4 Å². The van der Waals surface area contributed by atoms with Crippen LogP contribution in [0.1, 0.15) is 49.6 Å². The maximum Gasteiger partial charge on any atom is 0.323 e. The molecule has 36 heavy (non-hydrogen) atoms. The number of carboxylic acid groups (broad SMARTS) is 1. The van der Waals surface area contributed by atoms with E-state index in [0.29, 0.717) is 13.2 Å². The molecule has 1 aliphatic rings. The van der Waals surface area contributed by atoms with Gasteiger partial charge in [-0.05, 0) is 73.7 Å². The van der Waals surface area contributed by atoms with E-state index in [2.05, 4.69) is 13.0 Å². The molecule has 0 spiro atoms. The van der Waals surface area contributed by atoms with Gasteiger partial charge in [-0.1, -0.05) is 13.3 Å². The second-order valence-corrected chi connectivity index (χ2v) is 9.28. The SMILES string of the molecule is CCCc1cc(-c2nc3c(o2)CCCC3)ccc1OCCCOc1ccc2c(ccn2CC(=O)O)c1. The number of aliphatic carboxylic acids is 1. The Hall–Kier alpha value is -3.74. The summed E-state index contributed by atoms with van der Waals surface area (Å²) in [6.07, 6.45) is 8.85. The van der Waals surface area contributed by atoms with Crippen molar-refractivity contribution in [1.29, 1.82) is 0 Å². The first kappa shape index (κ1) is 24.0. The van der Waals surface area contributed by atoms with Gasteiger partial charge in [0.15, 0.2) is 0 Å². The number of fused-ring (bicyclic) bond motifs is 2. The van der Waals surface area contributed by atoms with Crippen molar-refractivity contribution in [3.8, 4) is 23.0 Å². The summed E-state index contributed by atoms with van der Waals surface area (Å²) in [5.41, 5.74) is 4.18.